The summed E-state index contributed by atoms with van der Waals surface area (Å²) in [5, 5.41) is 27.1. The molecule has 2 aromatic carbocycles. The van der Waals surface area contributed by atoms with Gasteiger partial charge in [-0.3, -0.25) is 14.5 Å². The molecule has 296 valence electrons. The lowest BCUT2D eigenvalue weighted by molar-refractivity contribution is -0.122. The van der Waals surface area contributed by atoms with Crippen LogP contribution in [0.4, 0.5) is 21.0 Å². The lowest BCUT2D eigenvalue weighted by atomic mass is 9.85. The Balaban J connectivity index is 0.00000155. The van der Waals surface area contributed by atoms with Crippen molar-refractivity contribution >= 4 is 29.9 Å². The van der Waals surface area contributed by atoms with Crippen LogP contribution in [0.5, 0.6) is 5.75 Å². The fourth-order valence-electron chi connectivity index (χ4n) is 7.82. The van der Waals surface area contributed by atoms with Gasteiger partial charge in [0.25, 0.3) is 6.47 Å². The van der Waals surface area contributed by atoms with Gasteiger partial charge >= 0.3 is 6.03 Å². The predicted octanol–water partition coefficient (Wildman–Crippen LogP) is 7.46. The van der Waals surface area contributed by atoms with Crippen LogP contribution in [0.1, 0.15) is 101 Å². The van der Waals surface area contributed by atoms with Crippen LogP contribution in [0.2, 0.25) is 0 Å². The van der Waals surface area contributed by atoms with Crippen molar-refractivity contribution < 1.29 is 23.8 Å². The number of aromatic nitrogens is 5. The number of carbonyl (C=O) groups excluding carboxylic acids is 1. The number of amides is 2. The van der Waals surface area contributed by atoms with Crippen LogP contribution in [0, 0.1) is 5.82 Å². The Morgan fingerprint density at radius 3 is 2.50 bits per heavy atom. The molecule has 8 rings (SSSR count). The summed E-state index contributed by atoms with van der Waals surface area (Å²) in [6.45, 7) is 12.2. The van der Waals surface area contributed by atoms with Gasteiger partial charge in [-0.15, -0.1) is 10.2 Å². The third-order valence-electron chi connectivity index (χ3n) is 11.1. The van der Waals surface area contributed by atoms with Crippen molar-refractivity contribution in [2.45, 2.75) is 96.2 Å². The Morgan fingerprint density at radius 1 is 0.982 bits per heavy atom. The Labute approximate surface area is 326 Å². The maximum absolute atomic E-state index is 14.9. The largest absolute Gasteiger partial charge is 0.484 e. The summed E-state index contributed by atoms with van der Waals surface area (Å²) < 4.78 is 25.3. The number of urea groups is 1. The minimum Gasteiger partial charge on any atom is -0.484 e. The van der Waals surface area contributed by atoms with Gasteiger partial charge in [0.05, 0.1) is 23.6 Å². The first kappa shape index (κ1) is 38.8. The van der Waals surface area contributed by atoms with Crippen LogP contribution < -0.4 is 20.3 Å². The predicted molar refractivity (Wildman–Crippen MR) is 213 cm³/mol. The molecule has 0 saturated carbocycles. The quantitative estimate of drug-likeness (QED) is 0.130. The first-order valence-electron chi connectivity index (χ1n) is 19.7. The number of pyridine rings is 1. The van der Waals surface area contributed by atoms with Gasteiger partial charge in [0.2, 0.25) is 5.95 Å². The fraction of sp³-hybridized carbons (Fsp3) is 0.452. The Morgan fingerprint density at radius 2 is 1.77 bits per heavy atom. The third kappa shape index (κ3) is 8.49. The highest BCUT2D eigenvalue weighted by atomic mass is 19.1. The molecule has 5 aromatic rings. The number of benzene rings is 2. The normalized spacial score (nSPS) is 19.7. The summed E-state index contributed by atoms with van der Waals surface area (Å²) in [5.74, 6) is 1.91. The van der Waals surface area contributed by atoms with E-state index in [1.54, 1.807) is 10.7 Å². The summed E-state index contributed by atoms with van der Waals surface area (Å²) in [4.78, 5) is 26.8. The zero-order chi connectivity index (χ0) is 39.4. The van der Waals surface area contributed by atoms with Crippen LogP contribution in [0.25, 0.3) is 11.3 Å². The second-order valence-corrected chi connectivity index (χ2v) is 16.0. The van der Waals surface area contributed by atoms with Gasteiger partial charge in [-0.1, -0.05) is 45.0 Å². The number of carbonyl (C=O) groups is 2. The lowest BCUT2D eigenvalue weighted by Crippen LogP contribution is -2.38. The molecule has 0 bridgehead atoms. The van der Waals surface area contributed by atoms with Crippen LogP contribution in [-0.4, -0.2) is 79.1 Å². The molecule has 0 radical (unpaired) electrons. The summed E-state index contributed by atoms with van der Waals surface area (Å²) in [5.41, 5.74) is 4.79. The fourth-order valence-corrected chi connectivity index (χ4v) is 7.82. The van der Waals surface area contributed by atoms with Crippen LogP contribution in [0.15, 0.2) is 66.9 Å². The zero-order valence-electron chi connectivity index (χ0n) is 32.6. The molecule has 0 spiro atoms. The molecule has 5 heterocycles. The maximum atomic E-state index is 14.9. The number of hydrogen-bond acceptors (Lipinski definition) is 8. The van der Waals surface area contributed by atoms with E-state index < -0.39 is 0 Å². The zero-order valence-corrected chi connectivity index (χ0v) is 32.6. The van der Waals surface area contributed by atoms with Gasteiger partial charge in [-0.25, -0.2) is 13.9 Å². The SMILES string of the molecule is C[C@H]1CCCCN1c1nnc2ccc(O[C@@H]3CC[C@H](NC(=O)Nc4cc(C(C)(C)C)nn4-c4ccc(F)c(CCN5CCC5)c4)c4ccccc43)cn12.O=CO. The van der Waals surface area contributed by atoms with E-state index in [0.29, 0.717) is 36.0 Å². The van der Waals surface area contributed by atoms with Crippen molar-refractivity contribution in [3.05, 3.63) is 95.1 Å². The van der Waals surface area contributed by atoms with Gasteiger partial charge in [0, 0.05) is 30.6 Å². The monoisotopic (exact) mass is 765 g/mol. The number of carboxylic acid groups (broad SMARTS) is 1. The van der Waals surface area contributed by atoms with E-state index in [9.17, 15) is 9.18 Å². The van der Waals surface area contributed by atoms with Crippen LogP contribution >= 0.6 is 0 Å². The van der Waals surface area contributed by atoms with Gasteiger partial charge in [-0.2, -0.15) is 5.10 Å². The van der Waals surface area contributed by atoms with E-state index in [0.717, 1.165) is 79.6 Å². The van der Waals surface area contributed by atoms with Gasteiger partial charge in [0.1, 0.15) is 23.5 Å². The van der Waals surface area contributed by atoms with E-state index in [4.69, 9.17) is 19.7 Å². The van der Waals surface area contributed by atoms with Crippen LogP contribution in [0.3, 0.4) is 0 Å². The van der Waals surface area contributed by atoms with Gasteiger partial charge in [0.15, 0.2) is 5.65 Å². The van der Waals surface area contributed by atoms with Crippen molar-refractivity contribution in [2.75, 3.05) is 36.4 Å². The Hall–Kier alpha value is -5.50. The number of fused-ring (bicyclic) bond motifs is 2. The van der Waals surface area contributed by atoms with Crippen molar-refractivity contribution in [3.8, 4) is 11.4 Å². The van der Waals surface area contributed by atoms with Crippen molar-refractivity contribution in [2.24, 2.45) is 0 Å². The number of nitrogens with one attached hydrogen (secondary N) is 2. The minimum atomic E-state index is -0.330. The van der Waals surface area contributed by atoms with E-state index in [2.05, 4.69) is 70.5 Å². The number of anilines is 2. The smallest absolute Gasteiger partial charge is 0.320 e. The molecule has 2 saturated heterocycles. The van der Waals surface area contributed by atoms with E-state index in [1.165, 1.54) is 18.9 Å². The molecule has 3 aromatic heterocycles. The maximum Gasteiger partial charge on any atom is 0.320 e. The molecular formula is C42H52FN9O4. The third-order valence-corrected chi connectivity index (χ3v) is 11.1. The highest BCUT2D eigenvalue weighted by Gasteiger charge is 2.31. The lowest BCUT2D eigenvalue weighted by Gasteiger charge is -2.33. The average Bonchev–Trinajstić information content (AvgIpc) is 3.78. The second kappa shape index (κ2) is 16.7. The Kier molecular flexibility index (Phi) is 11.6. The number of piperidine rings is 1. The summed E-state index contributed by atoms with van der Waals surface area (Å²) in [6.07, 6.45) is 8.59. The summed E-state index contributed by atoms with van der Waals surface area (Å²) in [6, 6.07) is 18.9. The number of halogens is 1. The molecule has 1 aliphatic carbocycles. The molecular weight excluding hydrogens is 714 g/mol. The second-order valence-electron chi connectivity index (χ2n) is 16.0. The number of likely N-dealkylation sites (tertiary alicyclic amines) is 1. The number of ether oxygens (including phenoxy) is 1. The van der Waals surface area contributed by atoms with E-state index in [-0.39, 0.29) is 35.9 Å². The molecule has 3 aliphatic rings. The molecule has 0 unspecified atom stereocenters. The van der Waals surface area contributed by atoms with Crippen molar-refractivity contribution in [3.63, 3.8) is 0 Å². The average molecular weight is 766 g/mol. The first-order valence-corrected chi connectivity index (χ1v) is 19.7. The molecule has 3 N–H and O–H groups in total. The van der Waals surface area contributed by atoms with Gasteiger partial charge < -0.3 is 25.0 Å². The molecule has 2 aliphatic heterocycles. The number of hydrogen-bond donors (Lipinski definition) is 3. The first-order chi connectivity index (χ1) is 27.0. The molecule has 2 amide bonds. The van der Waals surface area contributed by atoms with Gasteiger partial charge in [-0.05, 0) is 112 Å². The molecule has 13 nitrogen and oxygen atoms in total. The number of nitrogens with zero attached hydrogens (tertiary/aromatic N) is 7. The van der Waals surface area contributed by atoms with E-state index >= 15 is 0 Å². The van der Waals surface area contributed by atoms with Crippen molar-refractivity contribution in [1.82, 2.24) is 34.6 Å². The van der Waals surface area contributed by atoms with Crippen LogP contribution in [-0.2, 0) is 16.6 Å². The van der Waals surface area contributed by atoms with Crippen molar-refractivity contribution in [1.29, 1.82) is 0 Å². The summed E-state index contributed by atoms with van der Waals surface area (Å²) in [7, 11) is 0. The minimum absolute atomic E-state index is 0.178. The molecule has 14 heteroatoms. The van der Waals surface area contributed by atoms with E-state index in [1.807, 2.05) is 47.0 Å². The highest BCUT2D eigenvalue weighted by Crippen LogP contribution is 2.39. The summed E-state index contributed by atoms with van der Waals surface area (Å²) >= 11 is 0. The topological polar surface area (TPSA) is 142 Å². The molecule has 2 fully saturated rings. The highest BCUT2D eigenvalue weighted by molar-refractivity contribution is 5.89. The molecule has 3 atom stereocenters. The molecule has 56 heavy (non-hydrogen) atoms. The Bertz CT molecular complexity index is 2160. The number of rotatable bonds is 9. The standard InChI is InChI=1S/C41H50FN9O2.CH2O2/c1-27-10-7-8-22-49(27)40-46-45-37-18-14-30(26-50(37)40)53-35-17-16-34(31-11-5-6-12-32(31)35)43-39(52)44-38-25-36(41(2,3)4)47-51(38)29-13-15-33(42)28(24-29)19-23-48-20-9-21-48;2-1-3/h5-6,11-15,18,24-27,34-35H,7-10,16-17,19-23H2,1-4H3,(H2,43,44,52);1H,(H,2,3)/t27-,34-,35+;/m0./s1.